The Hall–Kier alpha value is -0.860. The number of benzene rings is 1. The van der Waals surface area contributed by atoms with E-state index in [1.54, 1.807) is 0 Å². The molecule has 2 nitrogen and oxygen atoms in total. The van der Waals surface area contributed by atoms with Crippen LogP contribution >= 0.6 is 0 Å². The van der Waals surface area contributed by atoms with Crippen LogP contribution in [0, 0.1) is 0 Å². The van der Waals surface area contributed by atoms with Crippen LogP contribution in [0.4, 0.5) is 0 Å². The van der Waals surface area contributed by atoms with Gasteiger partial charge in [0.1, 0.15) is 0 Å². The minimum Gasteiger partial charge on any atom is -0.372 e. The first-order valence-electron chi connectivity index (χ1n) is 5.21. The molecule has 1 aromatic rings. The smallest absolute Gasteiger partial charge is 0.0744 e. The number of fused-ring (bicyclic) bond motifs is 1. The van der Waals surface area contributed by atoms with E-state index >= 15 is 0 Å². The number of hydrogen-bond donors (Lipinski definition) is 1. The summed E-state index contributed by atoms with van der Waals surface area (Å²) in [6.45, 7) is 4.90. The summed E-state index contributed by atoms with van der Waals surface area (Å²) in [6, 6.07) is 6.55. The first-order valence-corrected chi connectivity index (χ1v) is 5.21. The lowest BCUT2D eigenvalue weighted by atomic mass is 9.93. The molecule has 2 heteroatoms. The van der Waals surface area contributed by atoms with Gasteiger partial charge in [-0.2, -0.15) is 0 Å². The number of aryl methyl sites for hydroxylation is 1. The molecule has 2 rings (SSSR count). The van der Waals surface area contributed by atoms with Crippen LogP contribution in [-0.4, -0.2) is 6.10 Å². The SMILES string of the molecule is CCc1ccc2c(c1)[C@H](N)[C@H](C)OC2. The van der Waals surface area contributed by atoms with Gasteiger partial charge in [0.05, 0.1) is 18.8 Å². The highest BCUT2D eigenvalue weighted by atomic mass is 16.5. The summed E-state index contributed by atoms with van der Waals surface area (Å²) in [4.78, 5) is 0. The van der Waals surface area contributed by atoms with Crippen LogP contribution < -0.4 is 5.73 Å². The van der Waals surface area contributed by atoms with Crippen LogP contribution in [0.5, 0.6) is 0 Å². The molecule has 0 radical (unpaired) electrons. The van der Waals surface area contributed by atoms with Crippen molar-refractivity contribution in [3.63, 3.8) is 0 Å². The first-order chi connectivity index (χ1) is 6.72. The predicted octanol–water partition coefficient (Wildman–Crippen LogP) is 2.17. The Bertz CT molecular complexity index is 335. The molecule has 76 valence electrons. The van der Waals surface area contributed by atoms with E-state index in [-0.39, 0.29) is 12.1 Å². The lowest BCUT2D eigenvalue weighted by Crippen LogP contribution is -2.31. The van der Waals surface area contributed by atoms with Crippen molar-refractivity contribution in [3.8, 4) is 0 Å². The maximum absolute atomic E-state index is 6.09. The van der Waals surface area contributed by atoms with Crippen molar-refractivity contribution in [1.82, 2.24) is 0 Å². The minimum absolute atomic E-state index is 0.0326. The van der Waals surface area contributed by atoms with Crippen LogP contribution in [0.25, 0.3) is 0 Å². The zero-order valence-corrected chi connectivity index (χ0v) is 8.79. The van der Waals surface area contributed by atoms with Crippen molar-refractivity contribution in [3.05, 3.63) is 34.9 Å². The van der Waals surface area contributed by atoms with Gasteiger partial charge in [-0.15, -0.1) is 0 Å². The van der Waals surface area contributed by atoms with E-state index in [0.29, 0.717) is 6.61 Å². The van der Waals surface area contributed by atoms with Crippen LogP contribution in [0.2, 0.25) is 0 Å². The Morgan fingerprint density at radius 3 is 3.00 bits per heavy atom. The van der Waals surface area contributed by atoms with Crippen LogP contribution in [0.3, 0.4) is 0 Å². The molecular formula is C12H17NO. The Balaban J connectivity index is 2.41. The predicted molar refractivity (Wildman–Crippen MR) is 57.0 cm³/mol. The van der Waals surface area contributed by atoms with Crippen LogP contribution in [0.1, 0.15) is 36.6 Å². The Morgan fingerprint density at radius 2 is 2.29 bits per heavy atom. The van der Waals surface area contributed by atoms with Crippen molar-refractivity contribution in [2.24, 2.45) is 5.73 Å². The fourth-order valence-electron chi connectivity index (χ4n) is 1.88. The lowest BCUT2D eigenvalue weighted by molar-refractivity contribution is 0.0213. The van der Waals surface area contributed by atoms with E-state index in [0.717, 1.165) is 6.42 Å². The summed E-state index contributed by atoms with van der Waals surface area (Å²) in [5, 5.41) is 0. The zero-order chi connectivity index (χ0) is 10.1. The molecule has 0 saturated heterocycles. The highest BCUT2D eigenvalue weighted by Crippen LogP contribution is 2.28. The fourth-order valence-corrected chi connectivity index (χ4v) is 1.88. The fraction of sp³-hybridized carbons (Fsp3) is 0.500. The third-order valence-electron chi connectivity index (χ3n) is 2.99. The Kier molecular flexibility index (Phi) is 2.57. The minimum atomic E-state index is 0.0326. The second-order valence-electron chi connectivity index (χ2n) is 3.93. The molecule has 0 unspecified atom stereocenters. The van der Waals surface area contributed by atoms with E-state index in [9.17, 15) is 0 Å². The van der Waals surface area contributed by atoms with Gasteiger partial charge in [0.2, 0.25) is 0 Å². The largest absolute Gasteiger partial charge is 0.372 e. The van der Waals surface area contributed by atoms with Crippen molar-refractivity contribution in [1.29, 1.82) is 0 Å². The topological polar surface area (TPSA) is 35.2 Å². The second kappa shape index (κ2) is 3.71. The average molecular weight is 191 g/mol. The molecule has 14 heavy (non-hydrogen) atoms. The number of nitrogens with two attached hydrogens (primary N) is 1. The van der Waals surface area contributed by atoms with E-state index in [2.05, 4.69) is 25.1 Å². The summed E-state index contributed by atoms with van der Waals surface area (Å²) in [5.74, 6) is 0. The number of hydrogen-bond acceptors (Lipinski definition) is 2. The van der Waals surface area contributed by atoms with Crippen LogP contribution in [-0.2, 0) is 17.8 Å². The van der Waals surface area contributed by atoms with Gasteiger partial charge in [0, 0.05) is 0 Å². The van der Waals surface area contributed by atoms with Gasteiger partial charge in [-0.05, 0) is 30.0 Å². The summed E-state index contributed by atoms with van der Waals surface area (Å²) < 4.78 is 5.57. The van der Waals surface area contributed by atoms with E-state index in [4.69, 9.17) is 10.5 Å². The molecule has 1 aliphatic rings. The van der Waals surface area contributed by atoms with Gasteiger partial charge < -0.3 is 10.5 Å². The molecule has 0 amide bonds. The molecule has 2 atom stereocenters. The molecule has 0 spiro atoms. The number of rotatable bonds is 1. The monoisotopic (exact) mass is 191 g/mol. The average Bonchev–Trinajstić information content (AvgIpc) is 2.23. The van der Waals surface area contributed by atoms with Gasteiger partial charge in [-0.3, -0.25) is 0 Å². The van der Waals surface area contributed by atoms with E-state index in [1.807, 2.05) is 6.92 Å². The molecule has 1 heterocycles. The highest BCUT2D eigenvalue weighted by Gasteiger charge is 2.23. The number of ether oxygens (including phenoxy) is 1. The normalized spacial score (nSPS) is 25.9. The summed E-state index contributed by atoms with van der Waals surface area (Å²) in [6.07, 6.45) is 1.20. The molecule has 0 saturated carbocycles. The standard InChI is InChI=1S/C12H17NO/c1-3-9-4-5-10-7-14-8(2)12(13)11(10)6-9/h4-6,8,12H,3,7,13H2,1-2H3/t8-,12+/m0/s1. The van der Waals surface area contributed by atoms with Gasteiger partial charge >= 0.3 is 0 Å². The molecule has 2 N–H and O–H groups in total. The molecule has 1 aliphatic heterocycles. The molecule has 0 bridgehead atoms. The maximum atomic E-state index is 6.09. The van der Waals surface area contributed by atoms with E-state index < -0.39 is 0 Å². The molecule has 0 aliphatic carbocycles. The molecular weight excluding hydrogens is 174 g/mol. The Morgan fingerprint density at radius 1 is 1.50 bits per heavy atom. The van der Waals surface area contributed by atoms with Gasteiger partial charge in [0.25, 0.3) is 0 Å². The van der Waals surface area contributed by atoms with Crippen molar-refractivity contribution in [2.75, 3.05) is 0 Å². The molecule has 0 fully saturated rings. The first kappa shape index (κ1) is 9.69. The summed E-state index contributed by atoms with van der Waals surface area (Å²) >= 11 is 0. The lowest BCUT2D eigenvalue weighted by Gasteiger charge is -2.29. The van der Waals surface area contributed by atoms with Crippen molar-refractivity contribution in [2.45, 2.75) is 39.0 Å². The van der Waals surface area contributed by atoms with Gasteiger partial charge in [0.15, 0.2) is 0 Å². The third kappa shape index (κ3) is 1.56. The molecule has 1 aromatic carbocycles. The van der Waals surface area contributed by atoms with Gasteiger partial charge in [-0.25, -0.2) is 0 Å². The van der Waals surface area contributed by atoms with E-state index in [1.165, 1.54) is 16.7 Å². The quantitative estimate of drug-likeness (QED) is 0.738. The second-order valence-corrected chi connectivity index (χ2v) is 3.93. The van der Waals surface area contributed by atoms with Gasteiger partial charge in [-0.1, -0.05) is 25.1 Å². The van der Waals surface area contributed by atoms with Crippen molar-refractivity contribution < 1.29 is 4.74 Å². The summed E-state index contributed by atoms with van der Waals surface area (Å²) in [5.41, 5.74) is 9.95. The van der Waals surface area contributed by atoms with Crippen LogP contribution in [0.15, 0.2) is 18.2 Å². The summed E-state index contributed by atoms with van der Waals surface area (Å²) in [7, 11) is 0. The maximum Gasteiger partial charge on any atom is 0.0744 e. The Labute approximate surface area is 85.1 Å². The third-order valence-corrected chi connectivity index (χ3v) is 2.99. The highest BCUT2D eigenvalue weighted by molar-refractivity contribution is 5.35. The van der Waals surface area contributed by atoms with Crippen molar-refractivity contribution >= 4 is 0 Å². The zero-order valence-electron chi connectivity index (χ0n) is 8.79. The molecule has 0 aromatic heterocycles.